The minimum absolute atomic E-state index is 0.0546. The van der Waals surface area contributed by atoms with Gasteiger partial charge in [0.2, 0.25) is 0 Å². The van der Waals surface area contributed by atoms with Gasteiger partial charge < -0.3 is 5.32 Å². The molecule has 1 aliphatic rings. The molecule has 2 unspecified atom stereocenters. The van der Waals surface area contributed by atoms with E-state index in [1.54, 1.807) is 0 Å². The number of amides is 1. The van der Waals surface area contributed by atoms with Gasteiger partial charge in [-0.1, -0.05) is 54.2 Å². The van der Waals surface area contributed by atoms with Crippen molar-refractivity contribution in [3.63, 3.8) is 0 Å². The molecule has 2 atom stereocenters. The van der Waals surface area contributed by atoms with Crippen molar-refractivity contribution in [2.75, 3.05) is 0 Å². The number of hydrogen-bond donors (Lipinski definition) is 1. The van der Waals surface area contributed by atoms with Gasteiger partial charge in [-0.25, -0.2) is 0 Å². The Hall–Kier alpha value is -0.830. The summed E-state index contributed by atoms with van der Waals surface area (Å²) in [5, 5.41) is 3.18. The Labute approximate surface area is 124 Å². The molecule has 2 rings (SSSR count). The summed E-state index contributed by atoms with van der Waals surface area (Å²) < 4.78 is 0. The maximum Gasteiger partial charge on any atom is 0.251 e. The molecule has 1 aliphatic carbocycles. The van der Waals surface area contributed by atoms with Crippen LogP contribution in [0.1, 0.15) is 54.9 Å². The topological polar surface area (TPSA) is 29.1 Å². The molecular formula is C16H22BrNO. The lowest BCUT2D eigenvalue weighted by molar-refractivity contribution is 0.0935. The number of carbonyl (C=O) groups excluding carboxylic acids is 1. The van der Waals surface area contributed by atoms with E-state index in [9.17, 15) is 4.79 Å². The van der Waals surface area contributed by atoms with Gasteiger partial charge in [0.05, 0.1) is 0 Å². The molecule has 1 amide bonds. The van der Waals surface area contributed by atoms with E-state index in [4.69, 9.17) is 0 Å². The lowest BCUT2D eigenvalue weighted by Crippen LogP contribution is -2.40. The van der Waals surface area contributed by atoms with Crippen LogP contribution in [0.5, 0.6) is 0 Å². The molecule has 1 fully saturated rings. The minimum Gasteiger partial charge on any atom is -0.348 e. The lowest BCUT2D eigenvalue weighted by Gasteiger charge is -2.21. The molecular weight excluding hydrogens is 302 g/mol. The van der Waals surface area contributed by atoms with E-state index >= 15 is 0 Å². The van der Waals surface area contributed by atoms with E-state index in [1.807, 2.05) is 24.3 Å². The smallest absolute Gasteiger partial charge is 0.251 e. The molecule has 1 saturated carbocycles. The summed E-state index contributed by atoms with van der Waals surface area (Å²) in [6.45, 7) is 2.12. The SMILES string of the molecule is CCc1ccc(C(=O)NC2CCCCCC2Br)cc1. The number of alkyl halides is 1. The summed E-state index contributed by atoms with van der Waals surface area (Å²) >= 11 is 3.71. The fourth-order valence-corrected chi connectivity index (χ4v) is 3.29. The van der Waals surface area contributed by atoms with Crippen LogP contribution in [0.2, 0.25) is 0 Å². The van der Waals surface area contributed by atoms with Gasteiger partial charge in [-0.15, -0.1) is 0 Å². The van der Waals surface area contributed by atoms with Crippen LogP contribution in [-0.2, 0) is 6.42 Å². The van der Waals surface area contributed by atoms with Crippen molar-refractivity contribution in [1.29, 1.82) is 0 Å². The number of nitrogens with one attached hydrogen (secondary N) is 1. The van der Waals surface area contributed by atoms with Crippen LogP contribution in [0.3, 0.4) is 0 Å². The highest BCUT2D eigenvalue weighted by Gasteiger charge is 2.23. The van der Waals surface area contributed by atoms with Crippen LogP contribution in [0.15, 0.2) is 24.3 Å². The zero-order valence-electron chi connectivity index (χ0n) is 11.5. The molecule has 0 heterocycles. The van der Waals surface area contributed by atoms with Crippen molar-refractivity contribution >= 4 is 21.8 Å². The molecule has 104 valence electrons. The van der Waals surface area contributed by atoms with Crippen LogP contribution in [0, 0.1) is 0 Å². The molecule has 0 aromatic heterocycles. The van der Waals surface area contributed by atoms with Gasteiger partial charge in [0, 0.05) is 16.4 Å². The van der Waals surface area contributed by atoms with Gasteiger partial charge in [0.15, 0.2) is 0 Å². The van der Waals surface area contributed by atoms with E-state index in [1.165, 1.54) is 24.8 Å². The predicted molar refractivity (Wildman–Crippen MR) is 82.9 cm³/mol. The normalized spacial score (nSPS) is 23.7. The summed E-state index contributed by atoms with van der Waals surface area (Å²) in [5.41, 5.74) is 2.03. The zero-order valence-corrected chi connectivity index (χ0v) is 13.1. The third kappa shape index (κ3) is 4.07. The van der Waals surface area contributed by atoms with Crippen molar-refractivity contribution in [3.05, 3.63) is 35.4 Å². The van der Waals surface area contributed by atoms with Crippen molar-refractivity contribution < 1.29 is 4.79 Å². The largest absolute Gasteiger partial charge is 0.348 e. The second-order valence-corrected chi connectivity index (χ2v) is 6.46. The van der Waals surface area contributed by atoms with Crippen LogP contribution in [0.4, 0.5) is 0 Å². The van der Waals surface area contributed by atoms with Gasteiger partial charge in [-0.05, 0) is 37.0 Å². The van der Waals surface area contributed by atoms with Gasteiger partial charge in [-0.2, -0.15) is 0 Å². The average Bonchev–Trinajstić information content (AvgIpc) is 2.64. The second kappa shape index (κ2) is 7.09. The average molecular weight is 324 g/mol. The first-order valence-corrected chi connectivity index (χ1v) is 8.16. The molecule has 0 radical (unpaired) electrons. The van der Waals surface area contributed by atoms with E-state index in [0.717, 1.165) is 24.8 Å². The molecule has 2 nitrogen and oxygen atoms in total. The van der Waals surface area contributed by atoms with Crippen molar-refractivity contribution in [1.82, 2.24) is 5.32 Å². The molecule has 0 saturated heterocycles. The maximum absolute atomic E-state index is 12.2. The quantitative estimate of drug-likeness (QED) is 0.659. The molecule has 1 aromatic rings. The standard InChI is InChI=1S/C16H22BrNO/c1-2-12-8-10-13(11-9-12)16(19)18-15-7-5-3-4-6-14(15)17/h8-11,14-15H,2-7H2,1H3,(H,18,19). The number of aryl methyl sites for hydroxylation is 1. The van der Waals surface area contributed by atoms with E-state index in [-0.39, 0.29) is 11.9 Å². The summed E-state index contributed by atoms with van der Waals surface area (Å²) in [4.78, 5) is 12.6. The van der Waals surface area contributed by atoms with E-state index in [0.29, 0.717) is 4.83 Å². The summed E-state index contributed by atoms with van der Waals surface area (Å²) in [7, 11) is 0. The predicted octanol–water partition coefficient (Wildman–Crippen LogP) is 4.08. The first-order chi connectivity index (χ1) is 9.20. The maximum atomic E-state index is 12.2. The van der Waals surface area contributed by atoms with Gasteiger partial charge in [0.25, 0.3) is 5.91 Å². The highest BCUT2D eigenvalue weighted by atomic mass is 79.9. The highest BCUT2D eigenvalue weighted by molar-refractivity contribution is 9.09. The molecule has 0 spiro atoms. The Morgan fingerprint density at radius 2 is 1.89 bits per heavy atom. The second-order valence-electron chi connectivity index (χ2n) is 5.28. The molecule has 19 heavy (non-hydrogen) atoms. The zero-order chi connectivity index (χ0) is 13.7. The van der Waals surface area contributed by atoms with Gasteiger partial charge >= 0.3 is 0 Å². The molecule has 0 aliphatic heterocycles. The Kier molecular flexibility index (Phi) is 5.44. The molecule has 1 aromatic carbocycles. The lowest BCUT2D eigenvalue weighted by atomic mass is 10.1. The van der Waals surface area contributed by atoms with Crippen LogP contribution < -0.4 is 5.32 Å². The first kappa shape index (κ1) is 14.6. The number of benzene rings is 1. The van der Waals surface area contributed by atoms with Crippen molar-refractivity contribution in [2.24, 2.45) is 0 Å². The number of carbonyl (C=O) groups is 1. The third-order valence-electron chi connectivity index (χ3n) is 3.87. The molecule has 0 bridgehead atoms. The third-order valence-corrected chi connectivity index (χ3v) is 4.97. The number of rotatable bonds is 3. The monoisotopic (exact) mass is 323 g/mol. The summed E-state index contributed by atoms with van der Waals surface area (Å²) in [6.07, 6.45) is 6.98. The Morgan fingerprint density at radius 1 is 1.21 bits per heavy atom. The van der Waals surface area contributed by atoms with E-state index < -0.39 is 0 Å². The summed E-state index contributed by atoms with van der Waals surface area (Å²) in [5.74, 6) is 0.0546. The van der Waals surface area contributed by atoms with Gasteiger partial charge in [-0.3, -0.25) is 4.79 Å². The fourth-order valence-electron chi connectivity index (χ4n) is 2.57. The van der Waals surface area contributed by atoms with Crippen LogP contribution in [-0.4, -0.2) is 16.8 Å². The van der Waals surface area contributed by atoms with Crippen molar-refractivity contribution in [3.8, 4) is 0 Å². The van der Waals surface area contributed by atoms with E-state index in [2.05, 4.69) is 28.2 Å². The Bertz CT molecular complexity index is 415. The van der Waals surface area contributed by atoms with Gasteiger partial charge in [0.1, 0.15) is 0 Å². The highest BCUT2D eigenvalue weighted by Crippen LogP contribution is 2.24. The molecule has 3 heteroatoms. The Balaban J connectivity index is 1.98. The number of halogens is 1. The minimum atomic E-state index is 0.0546. The number of hydrogen-bond acceptors (Lipinski definition) is 1. The fraction of sp³-hybridized carbons (Fsp3) is 0.562. The summed E-state index contributed by atoms with van der Waals surface area (Å²) in [6, 6.07) is 8.18. The van der Waals surface area contributed by atoms with Crippen molar-refractivity contribution in [2.45, 2.75) is 56.3 Å². The van der Waals surface area contributed by atoms with Crippen LogP contribution >= 0.6 is 15.9 Å². The molecule has 1 N–H and O–H groups in total. The Morgan fingerprint density at radius 3 is 2.58 bits per heavy atom. The van der Waals surface area contributed by atoms with Crippen LogP contribution in [0.25, 0.3) is 0 Å². The first-order valence-electron chi connectivity index (χ1n) is 7.24.